The third kappa shape index (κ3) is 3.57. The van der Waals surface area contributed by atoms with E-state index in [9.17, 15) is 9.59 Å². The molecule has 4 aliphatic rings. The summed E-state index contributed by atoms with van der Waals surface area (Å²) in [6.07, 6.45) is 9.56. The smallest absolute Gasteiger partial charge is 0.223 e. The summed E-state index contributed by atoms with van der Waals surface area (Å²) < 4.78 is 0. The Balaban J connectivity index is 1.18. The molecule has 2 N–H and O–H groups in total. The van der Waals surface area contributed by atoms with Crippen molar-refractivity contribution in [2.45, 2.75) is 62.7 Å². The van der Waals surface area contributed by atoms with Crippen LogP contribution in [0.2, 0.25) is 0 Å². The van der Waals surface area contributed by atoms with Gasteiger partial charge in [-0.3, -0.25) is 9.59 Å². The van der Waals surface area contributed by atoms with Crippen molar-refractivity contribution in [3.8, 4) is 0 Å². The van der Waals surface area contributed by atoms with E-state index in [1.165, 1.54) is 22.5 Å². The van der Waals surface area contributed by atoms with Crippen LogP contribution in [0, 0.1) is 0 Å². The largest absolute Gasteiger partial charge is 0.344 e. The van der Waals surface area contributed by atoms with Crippen molar-refractivity contribution in [2.24, 2.45) is 0 Å². The number of rotatable bonds is 4. The summed E-state index contributed by atoms with van der Waals surface area (Å²) in [6.45, 7) is 10.2. The van der Waals surface area contributed by atoms with E-state index in [1.54, 1.807) is 0 Å². The minimum absolute atomic E-state index is 0.0810. The SMILES string of the molecule is CC1(C)c2ccccc2N2CCC(=O)N[C@@]21/C=C/c1ccc(/C=C/[C@@]23NC(=O)CCN2c2ccccc2C3(C)C)cc1. The number of anilines is 2. The molecule has 4 heterocycles. The molecule has 3 aromatic rings. The molecule has 4 aliphatic heterocycles. The number of hydrogen-bond acceptors (Lipinski definition) is 4. The molecule has 0 aliphatic carbocycles. The summed E-state index contributed by atoms with van der Waals surface area (Å²) in [5.41, 5.74) is 5.13. The number of hydrogen-bond donors (Lipinski definition) is 2. The molecule has 2 saturated heterocycles. The second-order valence-electron chi connectivity index (χ2n) is 13.1. The van der Waals surface area contributed by atoms with Gasteiger partial charge in [-0.1, -0.05) is 101 Å². The number of amides is 2. The summed E-state index contributed by atoms with van der Waals surface area (Å²) in [5.74, 6) is 0.162. The van der Waals surface area contributed by atoms with E-state index in [0.29, 0.717) is 25.9 Å². The average Bonchev–Trinajstić information content (AvgIpc) is 3.30. The summed E-state index contributed by atoms with van der Waals surface area (Å²) >= 11 is 0. The Bertz CT molecular complexity index is 1530. The van der Waals surface area contributed by atoms with Crippen LogP contribution in [0.25, 0.3) is 12.2 Å². The van der Waals surface area contributed by atoms with E-state index in [4.69, 9.17) is 0 Å². The standard InChI is InChI=1S/C36H38N4O2/c1-33(2)27-9-5-7-11-29(27)39-23-19-31(41)37-35(33,39)21-17-25-13-15-26(16-14-25)18-22-36-34(3,4)28-10-6-8-12-30(28)40(36)24-20-32(42)38-36/h5-18,21-22H,19-20,23-24H2,1-4H3,(H,37,41)(H,38,42)/b21-17+,22-18+/t35-,36+. The van der Waals surface area contributed by atoms with Crippen LogP contribution < -0.4 is 20.4 Å². The summed E-state index contributed by atoms with van der Waals surface area (Å²) in [6, 6.07) is 25.4. The molecule has 0 saturated carbocycles. The zero-order valence-electron chi connectivity index (χ0n) is 24.8. The van der Waals surface area contributed by atoms with E-state index in [-0.39, 0.29) is 22.6 Å². The molecular formula is C36H38N4O2. The number of fused-ring (bicyclic) bond motifs is 6. The molecule has 0 aromatic heterocycles. The Hall–Kier alpha value is -4.32. The molecule has 0 bridgehead atoms. The van der Waals surface area contributed by atoms with Crippen LogP contribution in [0.4, 0.5) is 11.4 Å². The highest BCUT2D eigenvalue weighted by Crippen LogP contribution is 2.53. The number of carbonyl (C=O) groups is 2. The van der Waals surface area contributed by atoms with Gasteiger partial charge in [0, 0.05) is 48.1 Å². The predicted octanol–water partition coefficient (Wildman–Crippen LogP) is 5.74. The lowest BCUT2D eigenvalue weighted by Crippen LogP contribution is -2.68. The first-order chi connectivity index (χ1) is 20.1. The second-order valence-corrected chi connectivity index (χ2v) is 13.1. The Kier molecular flexibility index (Phi) is 5.75. The summed E-state index contributed by atoms with van der Waals surface area (Å²) in [4.78, 5) is 30.1. The molecule has 6 heteroatoms. The zero-order valence-corrected chi connectivity index (χ0v) is 24.8. The van der Waals surface area contributed by atoms with Gasteiger partial charge in [0.15, 0.2) is 0 Å². The van der Waals surface area contributed by atoms with Crippen LogP contribution >= 0.6 is 0 Å². The Morgan fingerprint density at radius 3 is 1.38 bits per heavy atom. The first-order valence-electron chi connectivity index (χ1n) is 14.9. The predicted molar refractivity (Wildman–Crippen MR) is 169 cm³/mol. The Morgan fingerprint density at radius 1 is 0.595 bits per heavy atom. The first kappa shape index (κ1) is 26.6. The fourth-order valence-electron chi connectivity index (χ4n) is 7.79. The maximum absolute atomic E-state index is 12.7. The molecule has 214 valence electrons. The molecule has 0 radical (unpaired) electrons. The van der Waals surface area contributed by atoms with Crippen LogP contribution in [0.15, 0.2) is 84.9 Å². The minimum atomic E-state index is -0.630. The molecule has 7 rings (SSSR count). The molecule has 6 nitrogen and oxygen atoms in total. The van der Waals surface area contributed by atoms with Crippen molar-refractivity contribution in [1.82, 2.24) is 10.6 Å². The van der Waals surface area contributed by atoms with E-state index in [2.05, 4.69) is 145 Å². The Labute approximate surface area is 248 Å². The molecular weight excluding hydrogens is 520 g/mol. The van der Waals surface area contributed by atoms with Crippen LogP contribution in [0.3, 0.4) is 0 Å². The van der Waals surface area contributed by atoms with Gasteiger partial charge in [0.05, 0.1) is 0 Å². The van der Waals surface area contributed by atoms with Crippen LogP contribution in [-0.4, -0.2) is 36.2 Å². The lowest BCUT2D eigenvalue weighted by molar-refractivity contribution is -0.125. The lowest BCUT2D eigenvalue weighted by Gasteiger charge is -2.49. The van der Waals surface area contributed by atoms with Gasteiger partial charge in [0.1, 0.15) is 11.3 Å². The van der Waals surface area contributed by atoms with Gasteiger partial charge >= 0.3 is 0 Å². The molecule has 2 atom stereocenters. The van der Waals surface area contributed by atoms with E-state index >= 15 is 0 Å². The molecule has 0 spiro atoms. The lowest BCUT2D eigenvalue weighted by atomic mass is 9.74. The average molecular weight is 559 g/mol. The summed E-state index contributed by atoms with van der Waals surface area (Å²) in [7, 11) is 0. The number of benzene rings is 3. The van der Waals surface area contributed by atoms with Gasteiger partial charge in [0.25, 0.3) is 0 Å². The number of nitrogens with one attached hydrogen (secondary N) is 2. The number of nitrogens with zero attached hydrogens (tertiary/aromatic N) is 2. The van der Waals surface area contributed by atoms with Crippen molar-refractivity contribution < 1.29 is 9.59 Å². The number of para-hydroxylation sites is 2. The highest BCUT2D eigenvalue weighted by Gasteiger charge is 2.59. The van der Waals surface area contributed by atoms with E-state index < -0.39 is 11.3 Å². The summed E-state index contributed by atoms with van der Waals surface area (Å²) in [5, 5.41) is 6.71. The van der Waals surface area contributed by atoms with Gasteiger partial charge in [-0.05, 0) is 46.5 Å². The topological polar surface area (TPSA) is 64.7 Å². The maximum Gasteiger partial charge on any atom is 0.223 e. The van der Waals surface area contributed by atoms with Gasteiger partial charge in [0.2, 0.25) is 11.8 Å². The van der Waals surface area contributed by atoms with E-state index in [1.807, 2.05) is 0 Å². The quantitative estimate of drug-likeness (QED) is 0.429. The van der Waals surface area contributed by atoms with Gasteiger partial charge in [-0.15, -0.1) is 0 Å². The maximum atomic E-state index is 12.7. The van der Waals surface area contributed by atoms with Crippen molar-refractivity contribution in [3.63, 3.8) is 0 Å². The molecule has 3 aromatic carbocycles. The first-order valence-corrected chi connectivity index (χ1v) is 14.9. The third-order valence-electron chi connectivity index (χ3n) is 10.2. The van der Waals surface area contributed by atoms with Crippen molar-refractivity contribution in [2.75, 3.05) is 22.9 Å². The number of carbonyl (C=O) groups excluding carboxylic acids is 2. The van der Waals surface area contributed by atoms with Crippen LogP contribution in [0.1, 0.15) is 62.8 Å². The monoisotopic (exact) mass is 558 g/mol. The van der Waals surface area contributed by atoms with Crippen molar-refractivity contribution in [3.05, 3.63) is 107 Å². The van der Waals surface area contributed by atoms with Gasteiger partial charge < -0.3 is 20.4 Å². The minimum Gasteiger partial charge on any atom is -0.344 e. The van der Waals surface area contributed by atoms with Crippen molar-refractivity contribution in [1.29, 1.82) is 0 Å². The highest BCUT2D eigenvalue weighted by molar-refractivity contribution is 5.86. The van der Waals surface area contributed by atoms with Gasteiger partial charge in [-0.25, -0.2) is 0 Å². The molecule has 2 amide bonds. The zero-order chi connectivity index (χ0) is 29.3. The fraction of sp³-hybridized carbons (Fsp3) is 0.333. The van der Waals surface area contributed by atoms with Crippen molar-refractivity contribution >= 4 is 35.3 Å². The Morgan fingerprint density at radius 2 is 0.976 bits per heavy atom. The molecule has 0 unspecified atom stereocenters. The normalized spacial score (nSPS) is 27.0. The fourth-order valence-corrected chi connectivity index (χ4v) is 7.79. The van der Waals surface area contributed by atoms with Crippen LogP contribution in [0.5, 0.6) is 0 Å². The molecule has 42 heavy (non-hydrogen) atoms. The third-order valence-corrected chi connectivity index (χ3v) is 10.2. The second kappa shape index (κ2) is 9.09. The molecule has 2 fully saturated rings. The highest BCUT2D eigenvalue weighted by atomic mass is 16.2. The van der Waals surface area contributed by atoms with E-state index in [0.717, 1.165) is 11.1 Å². The van der Waals surface area contributed by atoms with Crippen LogP contribution in [-0.2, 0) is 20.4 Å². The van der Waals surface area contributed by atoms with Gasteiger partial charge in [-0.2, -0.15) is 0 Å².